The fourth-order valence-corrected chi connectivity index (χ4v) is 2.80. The van der Waals surface area contributed by atoms with Crippen molar-refractivity contribution >= 4 is 34.5 Å². The van der Waals surface area contributed by atoms with Crippen molar-refractivity contribution in [1.82, 2.24) is 9.97 Å². The fourth-order valence-electron chi connectivity index (χ4n) is 2.32. The van der Waals surface area contributed by atoms with Crippen LogP contribution < -0.4 is 9.47 Å². The summed E-state index contributed by atoms with van der Waals surface area (Å²) in [5, 5.41) is 0. The summed E-state index contributed by atoms with van der Waals surface area (Å²) in [4.78, 5) is 29.7. The summed E-state index contributed by atoms with van der Waals surface area (Å²) in [6.45, 7) is 0. The van der Waals surface area contributed by atoms with Gasteiger partial charge in [-0.25, -0.2) is 4.98 Å². The van der Waals surface area contributed by atoms with Gasteiger partial charge in [-0.3, -0.25) is 9.59 Å². The first kappa shape index (κ1) is 17.7. The Balaban J connectivity index is 0.000000168. The molecule has 3 rings (SSSR count). The molecule has 0 atom stereocenters. The molecule has 0 amide bonds. The normalized spacial score (nSPS) is 18.6. The van der Waals surface area contributed by atoms with Gasteiger partial charge in [0.2, 0.25) is 5.88 Å². The molecule has 1 spiro atoms. The van der Waals surface area contributed by atoms with E-state index in [0.717, 1.165) is 16.4 Å². The molecule has 1 aromatic heterocycles. The highest BCUT2D eigenvalue weighted by Gasteiger charge is 2.45. The van der Waals surface area contributed by atoms with Gasteiger partial charge in [0.1, 0.15) is 6.42 Å². The number of hydrogen-bond donors (Lipinski definition) is 0. The zero-order valence-corrected chi connectivity index (χ0v) is 15.0. The lowest BCUT2D eigenvalue weighted by Gasteiger charge is -2.31. The summed E-state index contributed by atoms with van der Waals surface area (Å²) < 4.78 is 20.7. The molecule has 2 fully saturated rings. The summed E-state index contributed by atoms with van der Waals surface area (Å²) >= 11 is 2.09. The van der Waals surface area contributed by atoms with E-state index >= 15 is 0 Å². The average molecular weight is 436 g/mol. The van der Waals surface area contributed by atoms with Crippen LogP contribution in [0.4, 0.5) is 0 Å². The number of aromatic nitrogens is 2. The van der Waals surface area contributed by atoms with Crippen molar-refractivity contribution in [3.63, 3.8) is 0 Å². The Bertz CT molecular complexity index is 571. The van der Waals surface area contributed by atoms with Crippen molar-refractivity contribution in [2.75, 3.05) is 14.2 Å². The first-order valence-corrected chi connectivity index (χ1v) is 8.10. The molecule has 0 bridgehead atoms. The highest BCUT2D eigenvalue weighted by Crippen LogP contribution is 2.37. The van der Waals surface area contributed by atoms with Crippen LogP contribution in [0.1, 0.15) is 32.1 Å². The first-order chi connectivity index (χ1) is 11.0. The summed E-state index contributed by atoms with van der Waals surface area (Å²) in [7, 11) is 3.07. The number of carbonyl (C=O) groups excluding carboxylic acids is 2. The van der Waals surface area contributed by atoms with E-state index in [1.807, 2.05) is 0 Å². The Morgan fingerprint density at radius 3 is 2.26 bits per heavy atom. The van der Waals surface area contributed by atoms with E-state index in [4.69, 9.17) is 18.9 Å². The Kier molecular flexibility index (Phi) is 5.97. The minimum Gasteiger partial charge on any atom is -0.480 e. The van der Waals surface area contributed by atoms with Gasteiger partial charge in [-0.1, -0.05) is 0 Å². The second-order valence-electron chi connectivity index (χ2n) is 4.96. The summed E-state index contributed by atoms with van der Waals surface area (Å²) in [6.07, 6.45) is 4.64. The molecule has 0 radical (unpaired) electrons. The standard InChI is InChI=1S/C8H10O4.C6H7IN2O2/c9-6-5-7(10)12-8(11-6)3-1-2-4-8;1-10-5-4(7)3-8-6(9-5)11-2/h1-5H2;3H,1-2H3. The molecule has 1 saturated carbocycles. The third-order valence-electron chi connectivity index (χ3n) is 3.32. The van der Waals surface area contributed by atoms with Gasteiger partial charge < -0.3 is 18.9 Å². The fraction of sp³-hybridized carbons (Fsp3) is 0.571. The number of ether oxygens (including phenoxy) is 4. The molecule has 9 heteroatoms. The van der Waals surface area contributed by atoms with Crippen molar-refractivity contribution < 1.29 is 28.5 Å². The molecule has 2 heterocycles. The van der Waals surface area contributed by atoms with Gasteiger partial charge in [-0.05, 0) is 35.4 Å². The zero-order chi connectivity index (χ0) is 16.9. The minimum atomic E-state index is -0.883. The molecule has 23 heavy (non-hydrogen) atoms. The highest BCUT2D eigenvalue weighted by atomic mass is 127. The van der Waals surface area contributed by atoms with Gasteiger partial charge in [0.15, 0.2) is 0 Å². The van der Waals surface area contributed by atoms with E-state index in [1.54, 1.807) is 13.3 Å². The van der Waals surface area contributed by atoms with Gasteiger partial charge in [0, 0.05) is 12.8 Å². The largest absolute Gasteiger partial charge is 0.480 e. The molecular formula is C14H17IN2O6. The lowest BCUT2D eigenvalue weighted by atomic mass is 10.2. The highest BCUT2D eigenvalue weighted by molar-refractivity contribution is 14.1. The van der Waals surface area contributed by atoms with E-state index < -0.39 is 17.7 Å². The Labute approximate surface area is 147 Å². The number of methoxy groups -OCH3 is 2. The summed E-state index contributed by atoms with van der Waals surface area (Å²) in [5.74, 6) is -1.24. The first-order valence-electron chi connectivity index (χ1n) is 7.02. The lowest BCUT2D eigenvalue weighted by Crippen LogP contribution is -2.42. The van der Waals surface area contributed by atoms with E-state index in [1.165, 1.54) is 7.11 Å². The Hall–Kier alpha value is -1.65. The molecular weight excluding hydrogens is 419 g/mol. The monoisotopic (exact) mass is 436 g/mol. The van der Waals surface area contributed by atoms with Gasteiger partial charge in [0.05, 0.1) is 24.0 Å². The quantitative estimate of drug-likeness (QED) is 0.394. The number of esters is 2. The van der Waals surface area contributed by atoms with Gasteiger partial charge in [-0.15, -0.1) is 0 Å². The molecule has 0 unspecified atom stereocenters. The van der Waals surface area contributed by atoms with Gasteiger partial charge >= 0.3 is 17.9 Å². The van der Waals surface area contributed by atoms with E-state index in [-0.39, 0.29) is 6.42 Å². The van der Waals surface area contributed by atoms with Gasteiger partial charge in [-0.2, -0.15) is 4.98 Å². The van der Waals surface area contributed by atoms with Gasteiger partial charge in [0.25, 0.3) is 5.79 Å². The zero-order valence-electron chi connectivity index (χ0n) is 12.8. The third kappa shape index (κ3) is 4.66. The van der Waals surface area contributed by atoms with E-state index in [0.29, 0.717) is 24.7 Å². The number of halogens is 1. The number of carbonyl (C=O) groups is 2. The maximum atomic E-state index is 10.9. The van der Waals surface area contributed by atoms with E-state index in [9.17, 15) is 9.59 Å². The minimum absolute atomic E-state index is 0.234. The van der Waals surface area contributed by atoms with Crippen molar-refractivity contribution in [1.29, 1.82) is 0 Å². The van der Waals surface area contributed by atoms with Crippen LogP contribution in [0.5, 0.6) is 11.9 Å². The van der Waals surface area contributed by atoms with Crippen LogP contribution in [-0.4, -0.2) is 41.9 Å². The summed E-state index contributed by atoms with van der Waals surface area (Å²) in [6, 6.07) is 0.322. The predicted octanol–water partition coefficient (Wildman–Crippen LogP) is 1.85. The molecule has 2 aliphatic rings. The third-order valence-corrected chi connectivity index (χ3v) is 4.06. The smallest absolute Gasteiger partial charge is 0.320 e. The maximum Gasteiger partial charge on any atom is 0.320 e. The van der Waals surface area contributed by atoms with Crippen LogP contribution in [0.15, 0.2) is 6.20 Å². The number of nitrogens with zero attached hydrogens (tertiary/aromatic N) is 2. The SMILES string of the molecule is COc1ncc(I)c(OC)n1.O=C1CC(=O)OC2(CCCC2)O1. The molecule has 8 nitrogen and oxygen atoms in total. The number of hydrogen-bond acceptors (Lipinski definition) is 8. The second kappa shape index (κ2) is 7.75. The molecule has 1 aliphatic carbocycles. The molecule has 1 aliphatic heterocycles. The van der Waals surface area contributed by atoms with Crippen molar-refractivity contribution in [3.8, 4) is 11.9 Å². The molecule has 0 aromatic carbocycles. The molecule has 1 aromatic rings. The topological polar surface area (TPSA) is 96.8 Å². The average Bonchev–Trinajstić information content (AvgIpc) is 2.94. The molecule has 0 N–H and O–H groups in total. The van der Waals surface area contributed by atoms with Crippen LogP contribution in [-0.2, 0) is 19.1 Å². The van der Waals surface area contributed by atoms with Crippen LogP contribution in [0.2, 0.25) is 0 Å². The predicted molar refractivity (Wildman–Crippen MR) is 85.9 cm³/mol. The summed E-state index contributed by atoms with van der Waals surface area (Å²) in [5.41, 5.74) is 0. The van der Waals surface area contributed by atoms with E-state index in [2.05, 4.69) is 32.6 Å². The number of rotatable bonds is 2. The van der Waals surface area contributed by atoms with Crippen molar-refractivity contribution in [2.24, 2.45) is 0 Å². The Morgan fingerprint density at radius 1 is 1.13 bits per heavy atom. The van der Waals surface area contributed by atoms with Crippen LogP contribution in [0.25, 0.3) is 0 Å². The molecule has 126 valence electrons. The molecule has 1 saturated heterocycles. The van der Waals surface area contributed by atoms with Crippen LogP contribution >= 0.6 is 22.6 Å². The second-order valence-corrected chi connectivity index (χ2v) is 6.12. The Morgan fingerprint density at radius 2 is 1.74 bits per heavy atom. The van der Waals surface area contributed by atoms with Crippen LogP contribution in [0, 0.1) is 3.57 Å². The van der Waals surface area contributed by atoms with Crippen LogP contribution in [0.3, 0.4) is 0 Å². The van der Waals surface area contributed by atoms with Crippen molar-refractivity contribution in [3.05, 3.63) is 9.77 Å². The maximum absolute atomic E-state index is 10.9. The lowest BCUT2D eigenvalue weighted by molar-refractivity contribution is -0.241. The van der Waals surface area contributed by atoms with Crippen molar-refractivity contribution in [2.45, 2.75) is 37.9 Å².